The van der Waals surface area contributed by atoms with Crippen LogP contribution in [0.4, 0.5) is 17.1 Å². The maximum atomic E-state index is 11.9. The molecule has 6 heteroatoms. The number of rotatable bonds is 5. The Morgan fingerprint density at radius 1 is 0.897 bits per heavy atom. The molecule has 0 spiro atoms. The van der Waals surface area contributed by atoms with Gasteiger partial charge in [-0.1, -0.05) is 12.1 Å². The molecule has 2 aliphatic rings. The fourth-order valence-electron chi connectivity index (χ4n) is 4.19. The van der Waals surface area contributed by atoms with E-state index in [1.54, 1.807) is 0 Å². The average Bonchev–Trinajstić information content (AvgIpc) is 2.76. The van der Waals surface area contributed by atoms with Crippen LogP contribution in [-0.2, 0) is 9.59 Å². The molecule has 2 fully saturated rings. The van der Waals surface area contributed by atoms with Crippen LogP contribution in [0.15, 0.2) is 48.5 Å². The van der Waals surface area contributed by atoms with Crippen LogP contribution in [0.5, 0.6) is 0 Å². The van der Waals surface area contributed by atoms with Gasteiger partial charge in [0, 0.05) is 43.6 Å². The molecule has 1 unspecified atom stereocenters. The predicted octanol–water partition coefficient (Wildman–Crippen LogP) is 3.33. The highest BCUT2D eigenvalue weighted by atomic mass is 16.2. The van der Waals surface area contributed by atoms with Crippen molar-refractivity contribution in [2.24, 2.45) is 0 Å². The molecule has 2 aromatic rings. The summed E-state index contributed by atoms with van der Waals surface area (Å²) in [6.45, 7) is 2.08. The quantitative estimate of drug-likeness (QED) is 0.681. The van der Waals surface area contributed by atoms with Gasteiger partial charge in [0.25, 0.3) is 0 Å². The molecule has 0 bridgehead atoms. The van der Waals surface area contributed by atoms with Gasteiger partial charge in [0.15, 0.2) is 0 Å². The van der Waals surface area contributed by atoms with Crippen LogP contribution in [0.1, 0.15) is 37.2 Å². The van der Waals surface area contributed by atoms with E-state index in [1.165, 1.54) is 11.3 Å². The second kappa shape index (κ2) is 8.55. The van der Waals surface area contributed by atoms with E-state index in [9.17, 15) is 9.59 Å². The summed E-state index contributed by atoms with van der Waals surface area (Å²) in [5.74, 6) is 0.186. The van der Waals surface area contributed by atoms with Crippen LogP contribution in [-0.4, -0.2) is 38.0 Å². The van der Waals surface area contributed by atoms with Gasteiger partial charge >= 0.3 is 0 Å². The fraction of sp³-hybridized carbons (Fsp3) is 0.391. The SMILES string of the molecule is CNc1ccc(C2CCN(c3ccc(NC4CCC(=O)NC4=O)cc3)CC2)cc1. The van der Waals surface area contributed by atoms with Crippen LogP contribution < -0.4 is 20.9 Å². The maximum absolute atomic E-state index is 11.9. The molecule has 0 saturated carbocycles. The smallest absolute Gasteiger partial charge is 0.249 e. The van der Waals surface area contributed by atoms with Gasteiger partial charge in [0.05, 0.1) is 0 Å². The minimum atomic E-state index is -0.344. The Morgan fingerprint density at radius 2 is 1.55 bits per heavy atom. The van der Waals surface area contributed by atoms with Gasteiger partial charge in [-0.2, -0.15) is 0 Å². The van der Waals surface area contributed by atoms with E-state index in [0.717, 1.165) is 37.3 Å². The molecule has 4 rings (SSSR count). The summed E-state index contributed by atoms with van der Waals surface area (Å²) in [5, 5.41) is 8.79. The average molecular weight is 393 g/mol. The molecule has 3 N–H and O–H groups in total. The lowest BCUT2D eigenvalue weighted by atomic mass is 9.89. The van der Waals surface area contributed by atoms with E-state index in [4.69, 9.17) is 0 Å². The van der Waals surface area contributed by atoms with Crippen molar-refractivity contribution in [2.75, 3.05) is 35.7 Å². The summed E-state index contributed by atoms with van der Waals surface area (Å²) in [6, 6.07) is 16.7. The lowest BCUT2D eigenvalue weighted by Crippen LogP contribution is -2.47. The molecular formula is C23H28N4O2. The minimum absolute atomic E-state index is 0.190. The summed E-state index contributed by atoms with van der Waals surface area (Å²) < 4.78 is 0. The Kier molecular flexibility index (Phi) is 5.69. The molecule has 1 atom stereocenters. The number of amides is 2. The standard InChI is InChI=1S/C23H28N4O2/c1-24-18-4-2-16(3-5-18)17-12-14-27(15-13-17)20-8-6-19(7-9-20)25-21-10-11-22(28)26-23(21)29/h2-9,17,21,24-25H,10-15H2,1H3,(H,26,28,29). The number of hydrogen-bond donors (Lipinski definition) is 3. The molecule has 2 saturated heterocycles. The van der Waals surface area contributed by atoms with E-state index in [0.29, 0.717) is 18.8 Å². The van der Waals surface area contributed by atoms with Crippen molar-refractivity contribution in [3.8, 4) is 0 Å². The van der Waals surface area contributed by atoms with E-state index in [1.807, 2.05) is 19.2 Å². The Hall–Kier alpha value is -3.02. The number of benzene rings is 2. The van der Waals surface area contributed by atoms with Crippen molar-refractivity contribution < 1.29 is 9.59 Å². The predicted molar refractivity (Wildman–Crippen MR) is 116 cm³/mol. The first-order chi connectivity index (χ1) is 14.1. The number of carbonyl (C=O) groups excluding carboxylic acids is 2. The first-order valence-corrected chi connectivity index (χ1v) is 10.4. The van der Waals surface area contributed by atoms with Crippen LogP contribution in [0.25, 0.3) is 0 Å². The highest BCUT2D eigenvalue weighted by molar-refractivity contribution is 6.01. The van der Waals surface area contributed by atoms with Crippen LogP contribution in [0, 0.1) is 0 Å². The second-order valence-corrected chi connectivity index (χ2v) is 7.83. The Morgan fingerprint density at radius 3 is 2.17 bits per heavy atom. The molecule has 6 nitrogen and oxygen atoms in total. The summed E-state index contributed by atoms with van der Waals surface area (Å²) in [7, 11) is 1.94. The molecule has 0 aromatic heterocycles. The molecule has 29 heavy (non-hydrogen) atoms. The fourth-order valence-corrected chi connectivity index (χ4v) is 4.19. The van der Waals surface area contributed by atoms with Gasteiger partial charge in [-0.15, -0.1) is 0 Å². The van der Waals surface area contributed by atoms with E-state index >= 15 is 0 Å². The molecule has 2 heterocycles. The summed E-state index contributed by atoms with van der Waals surface area (Å²) >= 11 is 0. The van der Waals surface area contributed by atoms with Crippen LogP contribution in [0.2, 0.25) is 0 Å². The number of hydrogen-bond acceptors (Lipinski definition) is 5. The number of piperidine rings is 2. The lowest BCUT2D eigenvalue weighted by molar-refractivity contribution is -0.133. The topological polar surface area (TPSA) is 73.5 Å². The second-order valence-electron chi connectivity index (χ2n) is 7.83. The summed E-state index contributed by atoms with van der Waals surface area (Å²) in [6.07, 6.45) is 3.22. The number of nitrogens with one attached hydrogen (secondary N) is 3. The van der Waals surface area contributed by atoms with Gasteiger partial charge in [0.1, 0.15) is 6.04 Å². The van der Waals surface area contributed by atoms with Gasteiger partial charge < -0.3 is 15.5 Å². The van der Waals surface area contributed by atoms with Gasteiger partial charge in [0.2, 0.25) is 11.8 Å². The Labute approximate surface area is 171 Å². The largest absolute Gasteiger partial charge is 0.388 e. The zero-order valence-electron chi connectivity index (χ0n) is 16.8. The number of anilines is 3. The molecular weight excluding hydrogens is 364 g/mol. The van der Waals surface area contributed by atoms with E-state index in [2.05, 4.69) is 57.2 Å². The maximum Gasteiger partial charge on any atom is 0.249 e. The third-order valence-corrected chi connectivity index (χ3v) is 5.98. The van der Waals surface area contributed by atoms with Crippen LogP contribution >= 0.6 is 0 Å². The normalized spacial score (nSPS) is 20.3. The van der Waals surface area contributed by atoms with Gasteiger partial charge in [-0.25, -0.2) is 0 Å². The van der Waals surface area contributed by atoms with Gasteiger partial charge in [-0.05, 0) is 67.1 Å². The van der Waals surface area contributed by atoms with Crippen molar-refractivity contribution in [3.05, 3.63) is 54.1 Å². The molecule has 0 radical (unpaired) electrons. The Bertz CT molecular complexity index is 855. The first-order valence-electron chi connectivity index (χ1n) is 10.4. The zero-order valence-corrected chi connectivity index (χ0v) is 16.8. The third kappa shape index (κ3) is 4.53. The Balaban J connectivity index is 1.32. The number of carbonyl (C=O) groups is 2. The number of imide groups is 1. The van der Waals surface area contributed by atoms with Crippen molar-refractivity contribution in [1.82, 2.24) is 5.32 Å². The van der Waals surface area contributed by atoms with Crippen molar-refractivity contribution >= 4 is 28.9 Å². The third-order valence-electron chi connectivity index (χ3n) is 5.98. The minimum Gasteiger partial charge on any atom is -0.388 e. The van der Waals surface area contributed by atoms with E-state index < -0.39 is 0 Å². The van der Waals surface area contributed by atoms with Crippen molar-refractivity contribution in [2.45, 2.75) is 37.6 Å². The molecule has 2 amide bonds. The number of nitrogens with zero attached hydrogens (tertiary/aromatic N) is 1. The highest BCUT2D eigenvalue weighted by Gasteiger charge is 2.26. The summed E-state index contributed by atoms with van der Waals surface area (Å²) in [5.41, 5.74) is 4.69. The molecule has 2 aromatic carbocycles. The van der Waals surface area contributed by atoms with Crippen molar-refractivity contribution in [3.63, 3.8) is 0 Å². The monoisotopic (exact) mass is 392 g/mol. The highest BCUT2D eigenvalue weighted by Crippen LogP contribution is 2.31. The lowest BCUT2D eigenvalue weighted by Gasteiger charge is -2.34. The molecule has 2 aliphatic heterocycles. The van der Waals surface area contributed by atoms with Crippen LogP contribution in [0.3, 0.4) is 0 Å². The van der Waals surface area contributed by atoms with Gasteiger partial charge in [-0.3, -0.25) is 14.9 Å². The molecule has 0 aliphatic carbocycles. The van der Waals surface area contributed by atoms with E-state index in [-0.39, 0.29) is 17.9 Å². The van der Waals surface area contributed by atoms with Crippen molar-refractivity contribution in [1.29, 1.82) is 0 Å². The zero-order chi connectivity index (χ0) is 20.2. The summed E-state index contributed by atoms with van der Waals surface area (Å²) in [4.78, 5) is 25.6. The molecule has 152 valence electrons. The first kappa shape index (κ1) is 19.3.